The fourth-order valence-corrected chi connectivity index (χ4v) is 1.69. The molecule has 0 aliphatic heterocycles. The van der Waals surface area contributed by atoms with Crippen LogP contribution in [-0.4, -0.2) is 20.2 Å². The molecule has 2 rings (SSSR count). The van der Waals surface area contributed by atoms with Crippen LogP contribution in [0.2, 0.25) is 0 Å². The first kappa shape index (κ1) is 12.1. The smallest absolute Gasteiger partial charge is 0.341 e. The minimum atomic E-state index is -0.836. The summed E-state index contributed by atoms with van der Waals surface area (Å²) in [5.74, 6) is -1.25. The number of carbonyl (C=O) groups is 1. The number of pyridine rings is 1. The van der Waals surface area contributed by atoms with E-state index in [2.05, 4.69) is 4.74 Å². The maximum atomic E-state index is 13.7. The molecule has 94 valence electrons. The van der Waals surface area contributed by atoms with Crippen molar-refractivity contribution in [1.29, 1.82) is 0 Å². The molecule has 5 nitrogen and oxygen atoms in total. The number of hydrogen-bond donors (Lipinski definition) is 0. The van der Waals surface area contributed by atoms with Crippen molar-refractivity contribution in [2.45, 2.75) is 0 Å². The molecule has 0 saturated heterocycles. The van der Waals surface area contributed by atoms with E-state index in [1.54, 1.807) is 0 Å². The van der Waals surface area contributed by atoms with E-state index in [1.165, 1.54) is 19.4 Å². The van der Waals surface area contributed by atoms with E-state index in [-0.39, 0.29) is 11.1 Å². The van der Waals surface area contributed by atoms with E-state index >= 15 is 0 Å². The lowest BCUT2D eigenvalue weighted by Gasteiger charge is -2.08. The molecule has 1 aromatic carbocycles. The van der Waals surface area contributed by atoms with Gasteiger partial charge < -0.3 is 14.7 Å². The third kappa shape index (κ3) is 1.81. The first-order valence-electron chi connectivity index (χ1n) is 5.06. The maximum absolute atomic E-state index is 13.7. The van der Waals surface area contributed by atoms with Crippen molar-refractivity contribution < 1.29 is 23.4 Å². The minimum absolute atomic E-state index is 0.135. The Bertz CT molecular complexity index is 627. The molecule has 1 heterocycles. The van der Waals surface area contributed by atoms with Gasteiger partial charge in [0.25, 0.3) is 0 Å². The highest BCUT2D eigenvalue weighted by atomic mass is 19.1. The zero-order chi connectivity index (χ0) is 13.3. The number of fused-ring (bicyclic) bond motifs is 1. The molecule has 0 saturated carbocycles. The fraction of sp³-hybridized carbons (Fsp3) is 0.167. The Hall–Kier alpha value is -2.37. The lowest BCUT2D eigenvalue weighted by Crippen LogP contribution is -2.26. The normalized spacial score (nSPS) is 10.4. The van der Waals surface area contributed by atoms with Crippen LogP contribution in [-0.2, 0) is 4.74 Å². The van der Waals surface area contributed by atoms with Crippen LogP contribution in [0.25, 0.3) is 10.9 Å². The predicted molar refractivity (Wildman–Crippen MR) is 60.8 cm³/mol. The molecule has 0 amide bonds. The second-order valence-corrected chi connectivity index (χ2v) is 3.55. The first-order valence-corrected chi connectivity index (χ1v) is 5.06. The number of carbonyl (C=O) groups excluding carboxylic acids is 1. The maximum Gasteiger partial charge on any atom is 0.341 e. The Labute approximate surface area is 102 Å². The number of aromatic nitrogens is 1. The predicted octanol–water partition coefficient (Wildman–Crippen LogP) is 1.41. The van der Waals surface area contributed by atoms with Crippen LogP contribution in [0.5, 0.6) is 5.75 Å². The topological polar surface area (TPSA) is 62.5 Å². The summed E-state index contributed by atoms with van der Waals surface area (Å²) >= 11 is 0. The molecule has 0 bridgehead atoms. The van der Waals surface area contributed by atoms with Crippen molar-refractivity contribution in [3.63, 3.8) is 0 Å². The summed E-state index contributed by atoms with van der Waals surface area (Å²) in [5.41, 5.74) is -0.154. The molecule has 0 spiro atoms. The van der Waals surface area contributed by atoms with E-state index < -0.39 is 11.8 Å². The van der Waals surface area contributed by atoms with Crippen molar-refractivity contribution >= 4 is 16.9 Å². The summed E-state index contributed by atoms with van der Waals surface area (Å²) in [5, 5.41) is 11.9. The third-order valence-electron chi connectivity index (χ3n) is 2.57. The Balaban J connectivity index is 2.79. The number of ether oxygens (including phenoxy) is 2. The van der Waals surface area contributed by atoms with Crippen molar-refractivity contribution in [2.75, 3.05) is 14.2 Å². The zero-order valence-corrected chi connectivity index (χ0v) is 9.77. The highest BCUT2D eigenvalue weighted by Crippen LogP contribution is 2.25. The van der Waals surface area contributed by atoms with Crippen LogP contribution in [0, 0.1) is 11.0 Å². The molecule has 0 radical (unpaired) electrons. The highest BCUT2D eigenvalue weighted by molar-refractivity contribution is 5.95. The molecular formula is C12H10FNO4. The SMILES string of the molecule is COC(=O)c1cc2c(cc1F)c(OC)cc[n+]2[O-]. The van der Waals surface area contributed by atoms with E-state index in [1.807, 2.05) is 0 Å². The average molecular weight is 251 g/mol. The van der Waals surface area contributed by atoms with Crippen LogP contribution in [0.4, 0.5) is 4.39 Å². The second-order valence-electron chi connectivity index (χ2n) is 3.55. The van der Waals surface area contributed by atoms with Gasteiger partial charge in [-0.2, -0.15) is 4.73 Å². The number of rotatable bonds is 2. The largest absolute Gasteiger partial charge is 0.618 e. The number of hydrogen-bond acceptors (Lipinski definition) is 4. The number of methoxy groups -OCH3 is 2. The van der Waals surface area contributed by atoms with Crippen molar-refractivity contribution in [3.8, 4) is 5.75 Å². The molecule has 0 fully saturated rings. The van der Waals surface area contributed by atoms with Crippen LogP contribution in [0.1, 0.15) is 10.4 Å². The molecule has 0 N–H and O–H groups in total. The highest BCUT2D eigenvalue weighted by Gasteiger charge is 2.19. The van der Waals surface area contributed by atoms with Gasteiger partial charge in [-0.3, -0.25) is 0 Å². The lowest BCUT2D eigenvalue weighted by atomic mass is 10.1. The van der Waals surface area contributed by atoms with Crippen LogP contribution in [0.3, 0.4) is 0 Å². The number of esters is 1. The fourth-order valence-electron chi connectivity index (χ4n) is 1.69. The number of nitrogens with zero attached hydrogens (tertiary/aromatic N) is 1. The van der Waals surface area contributed by atoms with E-state index in [9.17, 15) is 14.4 Å². The summed E-state index contributed by atoms with van der Waals surface area (Å²) in [6.45, 7) is 0. The van der Waals surface area contributed by atoms with Gasteiger partial charge in [0.1, 0.15) is 17.1 Å². The van der Waals surface area contributed by atoms with Gasteiger partial charge in [-0.15, -0.1) is 0 Å². The molecule has 0 aliphatic rings. The number of halogens is 1. The van der Waals surface area contributed by atoms with Crippen molar-refractivity contribution in [1.82, 2.24) is 0 Å². The molecular weight excluding hydrogens is 241 g/mol. The Morgan fingerprint density at radius 2 is 2.11 bits per heavy atom. The van der Waals surface area contributed by atoms with Gasteiger partial charge in [0.05, 0.1) is 19.6 Å². The summed E-state index contributed by atoms with van der Waals surface area (Å²) in [6, 6.07) is 3.65. The summed E-state index contributed by atoms with van der Waals surface area (Å²) < 4.78 is 23.7. The van der Waals surface area contributed by atoms with Gasteiger partial charge in [0.2, 0.25) is 5.52 Å². The quantitative estimate of drug-likeness (QED) is 0.460. The third-order valence-corrected chi connectivity index (χ3v) is 2.57. The Morgan fingerprint density at radius 1 is 1.39 bits per heavy atom. The minimum Gasteiger partial charge on any atom is -0.618 e. The summed E-state index contributed by atoms with van der Waals surface area (Å²) in [6.07, 6.45) is 1.22. The van der Waals surface area contributed by atoms with Crippen LogP contribution in [0.15, 0.2) is 24.4 Å². The molecule has 0 unspecified atom stereocenters. The molecule has 0 aliphatic carbocycles. The standard InChI is InChI=1S/C12H10FNO4/c1-17-11-3-4-14(16)10-6-7(12(15)18-2)9(13)5-8(10)11/h3-6H,1-2H3. The second kappa shape index (κ2) is 4.48. The van der Waals surface area contributed by atoms with Crippen LogP contribution < -0.4 is 9.47 Å². The van der Waals surface area contributed by atoms with Crippen molar-refractivity contribution in [3.05, 3.63) is 41.0 Å². The molecule has 2 aromatic rings. The lowest BCUT2D eigenvalue weighted by molar-refractivity contribution is -0.577. The van der Waals surface area contributed by atoms with Crippen molar-refractivity contribution in [2.24, 2.45) is 0 Å². The first-order chi connectivity index (χ1) is 8.58. The zero-order valence-electron chi connectivity index (χ0n) is 9.77. The van der Waals surface area contributed by atoms with E-state index in [0.717, 1.165) is 19.2 Å². The molecule has 18 heavy (non-hydrogen) atoms. The molecule has 1 aromatic heterocycles. The van der Waals surface area contributed by atoms with E-state index in [0.29, 0.717) is 15.9 Å². The van der Waals surface area contributed by atoms with Gasteiger partial charge in [0, 0.05) is 12.1 Å². The summed E-state index contributed by atoms with van der Waals surface area (Å²) in [4.78, 5) is 11.3. The van der Waals surface area contributed by atoms with Gasteiger partial charge in [-0.25, -0.2) is 9.18 Å². The number of benzene rings is 1. The van der Waals surface area contributed by atoms with Gasteiger partial charge in [-0.1, -0.05) is 0 Å². The van der Waals surface area contributed by atoms with Gasteiger partial charge >= 0.3 is 5.97 Å². The summed E-state index contributed by atoms with van der Waals surface area (Å²) in [7, 11) is 2.55. The Morgan fingerprint density at radius 3 is 2.72 bits per heavy atom. The van der Waals surface area contributed by atoms with Gasteiger partial charge in [-0.05, 0) is 6.07 Å². The van der Waals surface area contributed by atoms with E-state index in [4.69, 9.17) is 4.74 Å². The van der Waals surface area contributed by atoms with Gasteiger partial charge in [0.15, 0.2) is 6.20 Å². The molecule has 0 atom stereocenters. The monoisotopic (exact) mass is 251 g/mol. The Kier molecular flexibility index (Phi) is 3.01. The average Bonchev–Trinajstić information content (AvgIpc) is 2.38. The molecule has 6 heteroatoms. The van der Waals surface area contributed by atoms with Crippen LogP contribution >= 0.6 is 0 Å².